The van der Waals surface area contributed by atoms with E-state index in [1.54, 1.807) is 35.2 Å². The first-order valence-corrected chi connectivity index (χ1v) is 9.37. The topological polar surface area (TPSA) is 77.7 Å². The maximum atomic E-state index is 13.1. The van der Waals surface area contributed by atoms with Gasteiger partial charge in [0.15, 0.2) is 11.5 Å². The number of carbonyl (C=O) groups excluding carboxylic acids is 1. The molecule has 1 atom stereocenters. The average Bonchev–Trinajstić information content (AvgIpc) is 3.46. The third kappa shape index (κ3) is 2.97. The standard InChI is InChI=1S/C20H16ClN3O4/c21-14-4-1-3-12(9-14)18-22-19(28-23-18)15-5-2-8-24(15)20(25)13-6-7-16-17(10-13)27-11-26-16/h1,3-4,6-7,9-10,15H,2,5,8,11H2. The van der Waals surface area contributed by atoms with Crippen LogP contribution in [0.25, 0.3) is 11.4 Å². The maximum absolute atomic E-state index is 13.1. The molecule has 28 heavy (non-hydrogen) atoms. The smallest absolute Gasteiger partial charge is 0.254 e. The highest BCUT2D eigenvalue weighted by Gasteiger charge is 2.35. The van der Waals surface area contributed by atoms with Gasteiger partial charge in [0.2, 0.25) is 18.5 Å². The van der Waals surface area contributed by atoms with E-state index in [0.717, 1.165) is 18.4 Å². The molecule has 0 N–H and O–H groups in total. The van der Waals surface area contributed by atoms with Crippen LogP contribution in [0, 0.1) is 0 Å². The average molecular weight is 398 g/mol. The Labute approximate surface area is 165 Å². The van der Waals surface area contributed by atoms with E-state index in [4.69, 9.17) is 25.6 Å². The molecule has 3 heterocycles. The number of nitrogens with zero attached hydrogens (tertiary/aromatic N) is 3. The zero-order valence-electron chi connectivity index (χ0n) is 14.8. The van der Waals surface area contributed by atoms with Crippen LogP contribution >= 0.6 is 11.6 Å². The lowest BCUT2D eigenvalue weighted by atomic mass is 10.1. The van der Waals surface area contributed by atoms with Gasteiger partial charge >= 0.3 is 0 Å². The number of halogens is 1. The Kier molecular flexibility index (Phi) is 4.16. The third-order valence-corrected chi connectivity index (χ3v) is 5.18. The van der Waals surface area contributed by atoms with Crippen molar-refractivity contribution >= 4 is 17.5 Å². The van der Waals surface area contributed by atoms with Gasteiger partial charge in [-0.1, -0.05) is 28.9 Å². The number of carbonyl (C=O) groups is 1. The van der Waals surface area contributed by atoms with Crippen molar-refractivity contribution in [3.8, 4) is 22.9 Å². The number of fused-ring (bicyclic) bond motifs is 1. The summed E-state index contributed by atoms with van der Waals surface area (Å²) >= 11 is 6.04. The van der Waals surface area contributed by atoms with Crippen LogP contribution in [-0.2, 0) is 0 Å². The predicted molar refractivity (Wildman–Crippen MR) is 100 cm³/mol. The van der Waals surface area contributed by atoms with Gasteiger partial charge in [-0.25, -0.2) is 0 Å². The van der Waals surface area contributed by atoms with Gasteiger partial charge in [-0.05, 0) is 43.2 Å². The van der Waals surface area contributed by atoms with Gasteiger partial charge in [-0.15, -0.1) is 0 Å². The SMILES string of the molecule is O=C(c1ccc2c(c1)OCO2)N1CCCC1c1nc(-c2cccc(Cl)c2)no1. The summed E-state index contributed by atoms with van der Waals surface area (Å²) in [6.45, 7) is 0.806. The molecule has 1 unspecified atom stereocenters. The molecule has 5 rings (SSSR count). The minimum Gasteiger partial charge on any atom is -0.454 e. The van der Waals surface area contributed by atoms with Crippen LogP contribution in [0.3, 0.4) is 0 Å². The molecule has 2 aliphatic rings. The lowest BCUT2D eigenvalue weighted by Crippen LogP contribution is -2.30. The van der Waals surface area contributed by atoms with Crippen LogP contribution in [0.15, 0.2) is 47.0 Å². The van der Waals surface area contributed by atoms with Crippen molar-refractivity contribution in [2.45, 2.75) is 18.9 Å². The zero-order valence-corrected chi connectivity index (χ0v) is 15.6. The Morgan fingerprint density at radius 2 is 2.04 bits per heavy atom. The maximum Gasteiger partial charge on any atom is 0.254 e. The lowest BCUT2D eigenvalue weighted by molar-refractivity contribution is 0.0709. The molecule has 2 aromatic carbocycles. The second kappa shape index (κ2) is 6.83. The van der Waals surface area contributed by atoms with Crippen LogP contribution in [0.2, 0.25) is 5.02 Å². The van der Waals surface area contributed by atoms with Gasteiger partial charge in [0.25, 0.3) is 5.91 Å². The Bertz CT molecular complexity index is 1050. The number of likely N-dealkylation sites (tertiary alicyclic amines) is 1. The summed E-state index contributed by atoms with van der Waals surface area (Å²) in [6, 6.07) is 12.2. The number of aromatic nitrogens is 2. The van der Waals surface area contributed by atoms with Crippen molar-refractivity contribution in [2.24, 2.45) is 0 Å². The van der Waals surface area contributed by atoms with Gasteiger partial charge in [-0.2, -0.15) is 4.98 Å². The summed E-state index contributed by atoms with van der Waals surface area (Å²) in [6.07, 6.45) is 1.64. The van der Waals surface area contributed by atoms with Crippen LogP contribution in [0.4, 0.5) is 0 Å². The van der Waals surface area contributed by atoms with E-state index in [-0.39, 0.29) is 18.7 Å². The van der Waals surface area contributed by atoms with Crippen molar-refractivity contribution in [3.63, 3.8) is 0 Å². The van der Waals surface area contributed by atoms with E-state index in [2.05, 4.69) is 10.1 Å². The van der Waals surface area contributed by atoms with Crippen molar-refractivity contribution < 1.29 is 18.8 Å². The van der Waals surface area contributed by atoms with Gasteiger partial charge in [0, 0.05) is 22.7 Å². The molecule has 0 bridgehead atoms. The number of benzene rings is 2. The Balaban J connectivity index is 1.40. The van der Waals surface area contributed by atoms with Crippen molar-refractivity contribution in [1.29, 1.82) is 0 Å². The second-order valence-corrected chi connectivity index (χ2v) is 7.13. The van der Waals surface area contributed by atoms with Gasteiger partial charge in [0.05, 0.1) is 0 Å². The molecular weight excluding hydrogens is 382 g/mol. The monoisotopic (exact) mass is 397 g/mol. The molecule has 1 amide bonds. The molecule has 0 aliphatic carbocycles. The number of hydrogen-bond acceptors (Lipinski definition) is 6. The fourth-order valence-corrected chi connectivity index (χ4v) is 3.77. The largest absolute Gasteiger partial charge is 0.454 e. The van der Waals surface area contributed by atoms with E-state index in [1.807, 2.05) is 12.1 Å². The van der Waals surface area contributed by atoms with E-state index in [0.29, 0.717) is 40.3 Å². The number of ether oxygens (including phenoxy) is 2. The van der Waals surface area contributed by atoms with Crippen molar-refractivity contribution in [3.05, 3.63) is 58.9 Å². The molecule has 0 spiro atoms. The summed E-state index contributed by atoms with van der Waals surface area (Å²) in [5, 5.41) is 4.67. The number of amides is 1. The van der Waals surface area contributed by atoms with Gasteiger partial charge in [0.1, 0.15) is 6.04 Å². The zero-order chi connectivity index (χ0) is 19.1. The molecule has 0 saturated carbocycles. The van der Waals surface area contributed by atoms with E-state index < -0.39 is 0 Å². The molecule has 3 aromatic rings. The predicted octanol–water partition coefficient (Wildman–Crippen LogP) is 4.10. The van der Waals surface area contributed by atoms with E-state index >= 15 is 0 Å². The highest BCUT2D eigenvalue weighted by atomic mass is 35.5. The van der Waals surface area contributed by atoms with E-state index in [9.17, 15) is 4.79 Å². The summed E-state index contributed by atoms with van der Waals surface area (Å²) in [4.78, 5) is 19.4. The highest BCUT2D eigenvalue weighted by Crippen LogP contribution is 2.36. The normalized spacial score (nSPS) is 17.9. The van der Waals surface area contributed by atoms with Crippen molar-refractivity contribution in [1.82, 2.24) is 15.0 Å². The number of rotatable bonds is 3. The molecule has 1 saturated heterocycles. The third-order valence-electron chi connectivity index (χ3n) is 4.94. The van der Waals surface area contributed by atoms with Crippen LogP contribution in [0.5, 0.6) is 11.5 Å². The first-order valence-electron chi connectivity index (χ1n) is 8.99. The molecular formula is C20H16ClN3O4. The minimum atomic E-state index is -0.252. The fraction of sp³-hybridized carbons (Fsp3) is 0.250. The fourth-order valence-electron chi connectivity index (χ4n) is 3.58. The molecule has 142 valence electrons. The van der Waals surface area contributed by atoms with Gasteiger partial charge < -0.3 is 18.9 Å². The molecule has 1 aromatic heterocycles. The summed E-state index contributed by atoms with van der Waals surface area (Å²) in [5.74, 6) is 2.03. The van der Waals surface area contributed by atoms with Crippen LogP contribution < -0.4 is 9.47 Å². The molecule has 0 radical (unpaired) electrons. The molecule has 8 heteroatoms. The first-order chi connectivity index (χ1) is 13.7. The summed E-state index contributed by atoms with van der Waals surface area (Å²) in [7, 11) is 0. The van der Waals surface area contributed by atoms with Crippen molar-refractivity contribution in [2.75, 3.05) is 13.3 Å². The molecule has 1 fully saturated rings. The van der Waals surface area contributed by atoms with E-state index in [1.165, 1.54) is 0 Å². The minimum absolute atomic E-state index is 0.0942. The lowest BCUT2D eigenvalue weighted by Gasteiger charge is -2.22. The number of hydrogen-bond donors (Lipinski definition) is 0. The molecule has 7 nitrogen and oxygen atoms in total. The Morgan fingerprint density at radius 1 is 1.14 bits per heavy atom. The second-order valence-electron chi connectivity index (χ2n) is 6.69. The quantitative estimate of drug-likeness (QED) is 0.662. The van der Waals surface area contributed by atoms with Gasteiger partial charge in [-0.3, -0.25) is 4.79 Å². The van der Waals surface area contributed by atoms with Crippen LogP contribution in [0.1, 0.15) is 35.1 Å². The van der Waals surface area contributed by atoms with Crippen LogP contribution in [-0.4, -0.2) is 34.3 Å². The Morgan fingerprint density at radius 3 is 2.93 bits per heavy atom. The first kappa shape index (κ1) is 17.1. The summed E-state index contributed by atoms with van der Waals surface area (Å²) < 4.78 is 16.2. The molecule has 2 aliphatic heterocycles. The summed E-state index contributed by atoms with van der Waals surface area (Å²) in [5.41, 5.74) is 1.32. The Hall–Kier alpha value is -3.06. The highest BCUT2D eigenvalue weighted by molar-refractivity contribution is 6.30.